The molecule has 0 aromatic heterocycles. The van der Waals surface area contributed by atoms with Gasteiger partial charge in [-0.1, -0.05) is 42.5 Å². The van der Waals surface area contributed by atoms with E-state index in [0.29, 0.717) is 49.1 Å². The highest BCUT2D eigenvalue weighted by Gasteiger charge is 2.21. The van der Waals surface area contributed by atoms with Crippen LogP contribution >= 0.6 is 0 Å². The minimum Gasteiger partial charge on any atom is -0.455 e. The molecule has 0 unspecified atom stereocenters. The first kappa shape index (κ1) is 19.9. The normalized spacial score (nSPS) is 14.4. The lowest BCUT2D eigenvalue weighted by Gasteiger charge is -2.35. The van der Waals surface area contributed by atoms with Crippen molar-refractivity contribution in [1.29, 1.82) is 0 Å². The SMILES string of the molecule is O=C(CN1CCN(c2ccccc2F)CC1)Nc1ccccc1Oc1ccccc1. The van der Waals surface area contributed by atoms with Crippen molar-refractivity contribution >= 4 is 17.3 Å². The van der Waals surface area contributed by atoms with Gasteiger partial charge in [0.1, 0.15) is 11.6 Å². The number of carbonyl (C=O) groups is 1. The van der Waals surface area contributed by atoms with Crippen LogP contribution in [0.2, 0.25) is 0 Å². The Morgan fingerprint density at radius 1 is 0.867 bits per heavy atom. The van der Waals surface area contributed by atoms with E-state index in [0.717, 1.165) is 0 Å². The number of nitrogens with zero attached hydrogens (tertiary/aromatic N) is 2. The molecule has 1 aliphatic heterocycles. The maximum atomic E-state index is 14.0. The Kier molecular flexibility index (Phi) is 6.25. The summed E-state index contributed by atoms with van der Waals surface area (Å²) in [6, 6.07) is 23.7. The molecule has 0 spiro atoms. The van der Waals surface area contributed by atoms with Crippen LogP contribution < -0.4 is 15.0 Å². The van der Waals surface area contributed by atoms with Gasteiger partial charge in [0.15, 0.2) is 5.75 Å². The molecule has 1 saturated heterocycles. The van der Waals surface area contributed by atoms with E-state index >= 15 is 0 Å². The van der Waals surface area contributed by atoms with E-state index in [1.165, 1.54) is 6.07 Å². The molecule has 5 nitrogen and oxygen atoms in total. The van der Waals surface area contributed by atoms with Gasteiger partial charge in [0.05, 0.1) is 17.9 Å². The molecule has 30 heavy (non-hydrogen) atoms. The lowest BCUT2D eigenvalue weighted by atomic mass is 10.2. The van der Waals surface area contributed by atoms with Gasteiger partial charge in [-0.2, -0.15) is 0 Å². The van der Waals surface area contributed by atoms with Crippen LogP contribution in [0.4, 0.5) is 15.8 Å². The number of piperazine rings is 1. The molecule has 4 rings (SSSR count). The van der Waals surface area contributed by atoms with E-state index in [2.05, 4.69) is 10.2 Å². The molecule has 1 N–H and O–H groups in total. The van der Waals surface area contributed by atoms with Gasteiger partial charge < -0.3 is 15.0 Å². The summed E-state index contributed by atoms with van der Waals surface area (Å²) in [5.74, 6) is 1.00. The van der Waals surface area contributed by atoms with Gasteiger partial charge in [-0.25, -0.2) is 4.39 Å². The molecule has 3 aromatic rings. The van der Waals surface area contributed by atoms with Crippen LogP contribution in [0, 0.1) is 5.82 Å². The van der Waals surface area contributed by atoms with Gasteiger partial charge in [0.25, 0.3) is 0 Å². The molecule has 0 aliphatic carbocycles. The fourth-order valence-corrected chi connectivity index (χ4v) is 3.52. The Labute approximate surface area is 175 Å². The molecule has 3 aromatic carbocycles. The molecule has 0 bridgehead atoms. The van der Waals surface area contributed by atoms with Crippen molar-refractivity contribution < 1.29 is 13.9 Å². The van der Waals surface area contributed by atoms with Gasteiger partial charge in [0.2, 0.25) is 5.91 Å². The van der Waals surface area contributed by atoms with Crippen LogP contribution in [0.15, 0.2) is 78.9 Å². The quantitative estimate of drug-likeness (QED) is 0.661. The number of carbonyl (C=O) groups excluding carboxylic acids is 1. The molecule has 1 amide bonds. The average molecular weight is 405 g/mol. The first-order chi connectivity index (χ1) is 14.7. The highest BCUT2D eigenvalue weighted by Crippen LogP contribution is 2.29. The monoisotopic (exact) mass is 405 g/mol. The Morgan fingerprint density at radius 3 is 2.30 bits per heavy atom. The van der Waals surface area contributed by atoms with Crippen LogP contribution in [-0.2, 0) is 4.79 Å². The number of nitrogens with one attached hydrogen (secondary N) is 1. The predicted molar refractivity (Wildman–Crippen MR) is 117 cm³/mol. The molecular weight excluding hydrogens is 381 g/mol. The molecule has 0 saturated carbocycles. The zero-order valence-corrected chi connectivity index (χ0v) is 16.6. The lowest BCUT2D eigenvalue weighted by Crippen LogP contribution is -2.48. The Bertz CT molecular complexity index is 989. The van der Waals surface area contributed by atoms with Crippen LogP contribution in [0.25, 0.3) is 0 Å². The highest BCUT2D eigenvalue weighted by atomic mass is 19.1. The zero-order valence-electron chi connectivity index (χ0n) is 16.6. The second-order valence-electron chi connectivity index (χ2n) is 7.17. The van der Waals surface area contributed by atoms with E-state index in [1.54, 1.807) is 12.1 Å². The van der Waals surface area contributed by atoms with Gasteiger partial charge in [-0.05, 0) is 36.4 Å². The molecular formula is C24H24FN3O2. The summed E-state index contributed by atoms with van der Waals surface area (Å²) in [7, 11) is 0. The maximum Gasteiger partial charge on any atom is 0.238 e. The van der Waals surface area contributed by atoms with E-state index in [4.69, 9.17) is 4.74 Å². The molecule has 0 atom stereocenters. The number of para-hydroxylation sites is 4. The number of anilines is 2. The second kappa shape index (κ2) is 9.41. The summed E-state index contributed by atoms with van der Waals surface area (Å²) < 4.78 is 19.9. The number of ether oxygens (including phenoxy) is 1. The molecule has 1 heterocycles. The van der Waals surface area contributed by atoms with Crippen molar-refractivity contribution in [2.45, 2.75) is 0 Å². The van der Waals surface area contributed by atoms with Crippen molar-refractivity contribution in [1.82, 2.24) is 4.90 Å². The van der Waals surface area contributed by atoms with Crippen molar-refractivity contribution in [3.05, 3.63) is 84.7 Å². The topological polar surface area (TPSA) is 44.8 Å². The summed E-state index contributed by atoms with van der Waals surface area (Å²) in [4.78, 5) is 16.7. The predicted octanol–water partition coefficient (Wildman–Crippen LogP) is 4.38. The second-order valence-corrected chi connectivity index (χ2v) is 7.17. The molecule has 6 heteroatoms. The van der Waals surface area contributed by atoms with Crippen LogP contribution in [0.3, 0.4) is 0 Å². The maximum absolute atomic E-state index is 14.0. The van der Waals surface area contributed by atoms with E-state index in [9.17, 15) is 9.18 Å². The number of halogens is 1. The molecule has 154 valence electrons. The van der Waals surface area contributed by atoms with Crippen molar-refractivity contribution in [3.63, 3.8) is 0 Å². The van der Waals surface area contributed by atoms with Crippen molar-refractivity contribution in [2.75, 3.05) is 42.9 Å². The first-order valence-corrected chi connectivity index (χ1v) is 10.0. The lowest BCUT2D eigenvalue weighted by molar-refractivity contribution is -0.117. The molecule has 1 fully saturated rings. The zero-order chi connectivity index (χ0) is 20.8. The third-order valence-electron chi connectivity index (χ3n) is 5.06. The number of benzene rings is 3. The largest absolute Gasteiger partial charge is 0.455 e. The first-order valence-electron chi connectivity index (χ1n) is 10.0. The van der Waals surface area contributed by atoms with Crippen LogP contribution in [0.5, 0.6) is 11.5 Å². The van der Waals surface area contributed by atoms with Crippen LogP contribution in [-0.4, -0.2) is 43.5 Å². The Morgan fingerprint density at radius 2 is 1.53 bits per heavy atom. The minimum absolute atomic E-state index is 0.0987. The van der Waals surface area contributed by atoms with Crippen molar-refractivity contribution in [3.8, 4) is 11.5 Å². The Balaban J connectivity index is 1.32. The standard InChI is InChI=1S/C24H24FN3O2/c25-20-10-4-6-12-22(20)28-16-14-27(15-17-28)18-24(29)26-21-11-5-7-13-23(21)30-19-8-2-1-3-9-19/h1-13H,14-18H2,(H,26,29). The number of hydrogen-bond acceptors (Lipinski definition) is 4. The average Bonchev–Trinajstić information content (AvgIpc) is 2.77. The summed E-state index contributed by atoms with van der Waals surface area (Å²) in [6.07, 6.45) is 0. The molecule has 0 radical (unpaired) electrons. The van der Waals surface area contributed by atoms with Crippen LogP contribution in [0.1, 0.15) is 0 Å². The highest BCUT2D eigenvalue weighted by molar-refractivity contribution is 5.93. The fraction of sp³-hybridized carbons (Fsp3) is 0.208. The van der Waals surface area contributed by atoms with Gasteiger partial charge >= 0.3 is 0 Å². The third-order valence-corrected chi connectivity index (χ3v) is 5.06. The molecule has 1 aliphatic rings. The summed E-state index contributed by atoms with van der Waals surface area (Å²) in [5.41, 5.74) is 1.25. The third kappa shape index (κ3) is 4.96. The van der Waals surface area contributed by atoms with Gasteiger partial charge in [0, 0.05) is 26.2 Å². The van der Waals surface area contributed by atoms with E-state index in [-0.39, 0.29) is 18.3 Å². The number of amides is 1. The van der Waals surface area contributed by atoms with Crippen molar-refractivity contribution in [2.24, 2.45) is 0 Å². The smallest absolute Gasteiger partial charge is 0.238 e. The van der Waals surface area contributed by atoms with Gasteiger partial charge in [-0.15, -0.1) is 0 Å². The van der Waals surface area contributed by atoms with E-state index < -0.39 is 0 Å². The number of rotatable bonds is 6. The van der Waals surface area contributed by atoms with E-state index in [1.807, 2.05) is 65.6 Å². The summed E-state index contributed by atoms with van der Waals surface area (Å²) >= 11 is 0. The summed E-state index contributed by atoms with van der Waals surface area (Å²) in [5, 5.41) is 2.95. The fourth-order valence-electron chi connectivity index (χ4n) is 3.52. The number of hydrogen-bond donors (Lipinski definition) is 1. The minimum atomic E-state index is -0.210. The summed E-state index contributed by atoms with van der Waals surface area (Å²) in [6.45, 7) is 3.04. The van der Waals surface area contributed by atoms with Gasteiger partial charge in [-0.3, -0.25) is 9.69 Å². The Hall–Kier alpha value is -3.38.